The highest BCUT2D eigenvalue weighted by Gasteiger charge is 2.43. The number of hydrogen-bond acceptors (Lipinski definition) is 3. The minimum atomic E-state index is -0.254. The number of likely N-dealkylation sites (tertiary alicyclic amines) is 1. The van der Waals surface area contributed by atoms with Gasteiger partial charge in [-0.15, -0.1) is 0 Å². The summed E-state index contributed by atoms with van der Waals surface area (Å²) < 4.78 is 1.68. The van der Waals surface area contributed by atoms with Crippen LogP contribution in [0.25, 0.3) is 0 Å². The van der Waals surface area contributed by atoms with E-state index in [2.05, 4.69) is 24.1 Å². The van der Waals surface area contributed by atoms with Gasteiger partial charge < -0.3 is 14.8 Å². The van der Waals surface area contributed by atoms with Gasteiger partial charge in [-0.2, -0.15) is 0 Å². The Balaban J connectivity index is 1.46. The lowest BCUT2D eigenvalue weighted by Crippen LogP contribution is -2.55. The average molecular weight is 360 g/mol. The zero-order valence-electron chi connectivity index (χ0n) is 16.3. The summed E-state index contributed by atoms with van der Waals surface area (Å²) in [4.78, 5) is 27.3. The molecule has 1 aliphatic heterocycles. The van der Waals surface area contributed by atoms with Crippen molar-refractivity contribution in [1.82, 2.24) is 14.8 Å². The molecule has 1 saturated heterocycles. The predicted molar refractivity (Wildman–Crippen MR) is 104 cm³/mol. The Bertz CT molecular complexity index is 666. The monoisotopic (exact) mass is 359 g/mol. The molecule has 1 amide bonds. The van der Waals surface area contributed by atoms with Crippen molar-refractivity contribution in [2.24, 2.45) is 11.3 Å². The molecule has 144 valence electrons. The Morgan fingerprint density at radius 1 is 1.23 bits per heavy atom. The van der Waals surface area contributed by atoms with Gasteiger partial charge in [0, 0.05) is 32.4 Å². The molecule has 1 aromatic heterocycles. The van der Waals surface area contributed by atoms with Crippen molar-refractivity contribution < 1.29 is 4.79 Å². The molecule has 1 aliphatic carbocycles. The fourth-order valence-electron chi connectivity index (χ4n) is 4.42. The molecule has 26 heavy (non-hydrogen) atoms. The van der Waals surface area contributed by atoms with E-state index in [1.165, 1.54) is 38.8 Å². The van der Waals surface area contributed by atoms with Gasteiger partial charge in [0.05, 0.1) is 0 Å². The number of carbonyl (C=O) groups excluding carboxylic acids is 1. The fraction of sp³-hybridized carbons (Fsp3) is 0.714. The molecule has 0 aromatic carbocycles. The molecule has 2 heterocycles. The third-order valence-corrected chi connectivity index (χ3v) is 5.93. The quantitative estimate of drug-likeness (QED) is 0.776. The molecule has 1 N–H and O–H groups in total. The van der Waals surface area contributed by atoms with Gasteiger partial charge in [-0.1, -0.05) is 26.7 Å². The van der Waals surface area contributed by atoms with Gasteiger partial charge in [0.25, 0.3) is 11.5 Å². The number of pyridine rings is 1. The van der Waals surface area contributed by atoms with Crippen LogP contribution in [0.3, 0.4) is 0 Å². The Labute approximate surface area is 156 Å². The molecule has 5 heteroatoms. The molecule has 0 atom stereocenters. The molecule has 0 unspecified atom stereocenters. The smallest absolute Gasteiger partial charge is 0.263 e. The molecule has 2 aliphatic rings. The minimum absolute atomic E-state index is 0.176. The van der Waals surface area contributed by atoms with E-state index < -0.39 is 0 Å². The van der Waals surface area contributed by atoms with Gasteiger partial charge in [-0.25, -0.2) is 0 Å². The van der Waals surface area contributed by atoms with Crippen LogP contribution in [0.5, 0.6) is 0 Å². The van der Waals surface area contributed by atoms with Crippen LogP contribution >= 0.6 is 0 Å². The number of rotatable bonds is 8. The maximum atomic E-state index is 12.6. The Morgan fingerprint density at radius 2 is 1.96 bits per heavy atom. The first kappa shape index (κ1) is 19.2. The average Bonchev–Trinajstić information content (AvgIpc) is 3.05. The van der Waals surface area contributed by atoms with Gasteiger partial charge in [0.1, 0.15) is 5.56 Å². The summed E-state index contributed by atoms with van der Waals surface area (Å²) in [5, 5.41) is 2.86. The van der Waals surface area contributed by atoms with E-state index in [4.69, 9.17) is 0 Å². The molecule has 0 radical (unpaired) electrons. The number of nitrogens with zero attached hydrogens (tertiary/aromatic N) is 2. The first-order valence-corrected chi connectivity index (χ1v) is 10.2. The van der Waals surface area contributed by atoms with Crippen molar-refractivity contribution in [2.75, 3.05) is 26.2 Å². The SMILES string of the molecule is CC(C)CCNC(=O)c1cccn(CCCN2CC3(CCCC3)C2)c1=O. The van der Waals surface area contributed by atoms with Crippen molar-refractivity contribution in [3.63, 3.8) is 0 Å². The number of amides is 1. The minimum Gasteiger partial charge on any atom is -0.352 e. The predicted octanol–water partition coefficient (Wildman–Crippen LogP) is 2.89. The second kappa shape index (κ2) is 8.38. The van der Waals surface area contributed by atoms with Crippen LogP contribution in [0, 0.1) is 11.3 Å². The number of nitrogens with one attached hydrogen (secondary N) is 1. The van der Waals surface area contributed by atoms with Crippen molar-refractivity contribution >= 4 is 5.91 Å². The third-order valence-electron chi connectivity index (χ3n) is 5.93. The molecular weight excluding hydrogens is 326 g/mol. The molecule has 1 saturated carbocycles. The first-order valence-electron chi connectivity index (χ1n) is 10.2. The summed E-state index contributed by atoms with van der Waals surface area (Å²) in [7, 11) is 0. The van der Waals surface area contributed by atoms with E-state index in [0.717, 1.165) is 19.4 Å². The van der Waals surface area contributed by atoms with E-state index in [0.29, 0.717) is 24.4 Å². The summed E-state index contributed by atoms with van der Waals surface area (Å²) in [6.07, 6.45) is 9.26. The van der Waals surface area contributed by atoms with Crippen molar-refractivity contribution in [2.45, 2.75) is 58.9 Å². The molecule has 5 nitrogen and oxygen atoms in total. The highest BCUT2D eigenvalue weighted by atomic mass is 16.2. The number of aryl methyl sites for hydroxylation is 1. The summed E-state index contributed by atoms with van der Waals surface area (Å²) in [5.74, 6) is 0.281. The Morgan fingerprint density at radius 3 is 2.65 bits per heavy atom. The molecule has 1 spiro atoms. The summed E-state index contributed by atoms with van der Waals surface area (Å²) >= 11 is 0. The molecule has 0 bridgehead atoms. The second-order valence-corrected chi connectivity index (χ2v) is 8.63. The van der Waals surface area contributed by atoms with Crippen LogP contribution in [0.4, 0.5) is 0 Å². The third kappa shape index (κ3) is 4.56. The van der Waals surface area contributed by atoms with Crippen LogP contribution in [0.15, 0.2) is 23.1 Å². The first-order chi connectivity index (χ1) is 12.5. The number of aromatic nitrogens is 1. The normalized spacial score (nSPS) is 19.0. The van der Waals surface area contributed by atoms with Crippen molar-refractivity contribution in [3.8, 4) is 0 Å². The maximum Gasteiger partial charge on any atom is 0.263 e. The zero-order chi connectivity index (χ0) is 18.6. The Kier molecular flexibility index (Phi) is 6.17. The highest BCUT2D eigenvalue weighted by Crippen LogP contribution is 2.45. The van der Waals surface area contributed by atoms with E-state index in [1.54, 1.807) is 22.9 Å². The van der Waals surface area contributed by atoms with Crippen LogP contribution in [-0.4, -0.2) is 41.6 Å². The molecular formula is C21H33N3O2. The van der Waals surface area contributed by atoms with Crippen molar-refractivity contribution in [1.29, 1.82) is 0 Å². The highest BCUT2D eigenvalue weighted by molar-refractivity contribution is 5.93. The van der Waals surface area contributed by atoms with E-state index >= 15 is 0 Å². The largest absolute Gasteiger partial charge is 0.352 e. The van der Waals surface area contributed by atoms with Crippen LogP contribution in [0.2, 0.25) is 0 Å². The topological polar surface area (TPSA) is 54.3 Å². The Hall–Kier alpha value is -1.62. The lowest BCUT2D eigenvalue weighted by atomic mass is 9.78. The lowest BCUT2D eigenvalue weighted by molar-refractivity contribution is 0.00486. The van der Waals surface area contributed by atoms with Crippen LogP contribution in [-0.2, 0) is 6.54 Å². The number of carbonyl (C=O) groups is 1. The number of hydrogen-bond donors (Lipinski definition) is 1. The van der Waals surface area contributed by atoms with Crippen molar-refractivity contribution in [3.05, 3.63) is 34.2 Å². The molecule has 2 fully saturated rings. The summed E-state index contributed by atoms with van der Waals surface area (Å²) in [6, 6.07) is 3.43. The van der Waals surface area contributed by atoms with E-state index in [1.807, 2.05) is 0 Å². The second-order valence-electron chi connectivity index (χ2n) is 8.63. The molecule has 1 aromatic rings. The van der Waals surface area contributed by atoms with Gasteiger partial charge in [0.15, 0.2) is 0 Å². The van der Waals surface area contributed by atoms with Gasteiger partial charge in [-0.05, 0) is 55.7 Å². The summed E-state index contributed by atoms with van der Waals surface area (Å²) in [6.45, 7) is 9.04. The lowest BCUT2D eigenvalue weighted by Gasteiger charge is -2.48. The molecule has 3 rings (SSSR count). The zero-order valence-corrected chi connectivity index (χ0v) is 16.3. The van der Waals surface area contributed by atoms with Gasteiger partial charge in [-0.3, -0.25) is 9.59 Å². The van der Waals surface area contributed by atoms with Gasteiger partial charge >= 0.3 is 0 Å². The maximum absolute atomic E-state index is 12.6. The summed E-state index contributed by atoms with van der Waals surface area (Å²) in [5.41, 5.74) is 0.709. The van der Waals surface area contributed by atoms with E-state index in [-0.39, 0.29) is 17.0 Å². The fourth-order valence-corrected chi connectivity index (χ4v) is 4.42. The van der Waals surface area contributed by atoms with Gasteiger partial charge in [0.2, 0.25) is 0 Å². The van der Waals surface area contributed by atoms with Crippen LogP contribution in [0.1, 0.15) is 62.7 Å². The van der Waals surface area contributed by atoms with Crippen LogP contribution < -0.4 is 10.9 Å². The van der Waals surface area contributed by atoms with E-state index in [9.17, 15) is 9.59 Å². The standard InChI is InChI=1S/C21H33N3O2/c1-17(2)8-11-22-19(25)18-7-5-13-24(20(18)26)14-6-12-23-15-21(16-23)9-3-4-10-21/h5,7,13,17H,3-4,6,8-12,14-16H2,1-2H3,(H,22,25).